The molecule has 0 unspecified atom stereocenters. The molecule has 0 amide bonds. The largest absolute Gasteiger partial charge is 2.00 e. The van der Waals surface area contributed by atoms with Crippen LogP contribution in [-0.2, 0) is 22.3 Å². The second kappa shape index (κ2) is 6.06. The van der Waals surface area contributed by atoms with Gasteiger partial charge in [-0.2, -0.15) is 8.62 Å². The normalized spacial score (nSPS) is 13.5. The van der Waals surface area contributed by atoms with Crippen molar-refractivity contribution in [3.05, 3.63) is 0 Å². The molecular weight excluding hydrogens is 390 g/mol. The van der Waals surface area contributed by atoms with Crippen molar-refractivity contribution < 1.29 is 49.6 Å². The summed E-state index contributed by atoms with van der Waals surface area (Å²) in [6, 6.07) is 0. The first-order valence-electron chi connectivity index (χ1n) is 2.28. The summed E-state index contributed by atoms with van der Waals surface area (Å²) in [5.41, 5.74) is 0. The standard InChI is InChI=1S/Ba.H5O10P3.2H/c;1-11(2,3)9-13(7,8)10-12(4,5)6;;/h;(H,7,8)(H2,1,2,3)(H2,4,5,6);;/q+2;;2*-1. The van der Waals surface area contributed by atoms with Gasteiger partial charge in [0, 0.05) is 0 Å². The number of phosphoric acid groups is 3. The van der Waals surface area contributed by atoms with Crippen LogP contribution in [0.3, 0.4) is 0 Å². The summed E-state index contributed by atoms with van der Waals surface area (Å²) in [7, 11) is -16.2. The van der Waals surface area contributed by atoms with Crippen LogP contribution in [0.15, 0.2) is 0 Å². The Morgan fingerprint density at radius 1 is 0.786 bits per heavy atom. The zero-order chi connectivity index (χ0) is 10.9. The minimum atomic E-state index is -5.46. The molecule has 0 aliphatic heterocycles. The van der Waals surface area contributed by atoms with Crippen LogP contribution < -0.4 is 0 Å². The summed E-state index contributed by atoms with van der Waals surface area (Å²) in [4.78, 5) is 40.2. The van der Waals surface area contributed by atoms with Gasteiger partial charge in [-0.05, 0) is 0 Å². The average Bonchev–Trinajstić information content (AvgIpc) is 1.43. The Balaban J connectivity index is -0.000000240. The van der Waals surface area contributed by atoms with Crippen molar-refractivity contribution in [2.24, 2.45) is 0 Å². The van der Waals surface area contributed by atoms with E-state index in [1.165, 1.54) is 0 Å². The van der Waals surface area contributed by atoms with Crippen molar-refractivity contribution in [1.82, 2.24) is 0 Å². The maximum Gasteiger partial charge on any atom is 2.00 e. The smallest absolute Gasteiger partial charge is 1.00 e. The fourth-order valence-corrected chi connectivity index (χ4v) is 2.82. The fraction of sp³-hybridized carbons (Fsp3) is 0. The average molecular weight is 397 g/mol. The summed E-state index contributed by atoms with van der Waals surface area (Å²) in [5, 5.41) is 0. The van der Waals surface area contributed by atoms with E-state index in [1.807, 2.05) is 0 Å². The van der Waals surface area contributed by atoms with Crippen LogP contribution in [0.2, 0.25) is 0 Å². The van der Waals surface area contributed by atoms with E-state index in [0.717, 1.165) is 0 Å². The number of hydrogen-bond donors (Lipinski definition) is 5. The first-order valence-corrected chi connectivity index (χ1v) is 6.83. The first kappa shape index (κ1) is 18.3. The number of rotatable bonds is 4. The predicted molar refractivity (Wildman–Crippen MR) is 44.1 cm³/mol. The van der Waals surface area contributed by atoms with Gasteiger partial charge in [-0.25, -0.2) is 13.7 Å². The summed E-state index contributed by atoms with van der Waals surface area (Å²) in [6.07, 6.45) is 0. The van der Waals surface area contributed by atoms with E-state index in [0.29, 0.717) is 0 Å². The molecule has 0 radical (unpaired) electrons. The van der Waals surface area contributed by atoms with Gasteiger partial charge in [0.15, 0.2) is 0 Å². The molecule has 0 aliphatic rings. The van der Waals surface area contributed by atoms with Gasteiger partial charge in [-0.3, -0.25) is 0 Å². The Kier molecular flexibility index (Phi) is 7.94. The quantitative estimate of drug-likeness (QED) is 0.297. The van der Waals surface area contributed by atoms with Gasteiger partial charge in [0.1, 0.15) is 0 Å². The van der Waals surface area contributed by atoms with E-state index >= 15 is 0 Å². The second-order valence-electron chi connectivity index (χ2n) is 1.61. The molecule has 0 saturated heterocycles. The molecule has 0 aromatic rings. The minimum absolute atomic E-state index is 0. The van der Waals surface area contributed by atoms with Gasteiger partial charge in [-0.15, -0.1) is 0 Å². The maximum atomic E-state index is 10.4. The van der Waals surface area contributed by atoms with E-state index < -0.39 is 23.5 Å². The topological polar surface area (TPSA) is 171 Å². The van der Waals surface area contributed by atoms with Crippen molar-refractivity contribution in [2.75, 3.05) is 0 Å². The zero-order valence-corrected chi connectivity index (χ0v) is 13.5. The molecule has 5 N–H and O–H groups in total. The van der Waals surface area contributed by atoms with Crippen molar-refractivity contribution in [3.8, 4) is 0 Å². The SMILES string of the molecule is O=P(O)(O)OP(=O)(O)OP(=O)(O)O.[Ba+2].[H-].[H-]. The third-order valence-electron chi connectivity index (χ3n) is 0.419. The molecule has 0 bridgehead atoms. The van der Waals surface area contributed by atoms with Gasteiger partial charge >= 0.3 is 72.3 Å². The third kappa shape index (κ3) is 12.1. The van der Waals surface area contributed by atoms with Crippen molar-refractivity contribution in [1.29, 1.82) is 0 Å². The molecule has 0 rings (SSSR count). The molecule has 0 saturated carbocycles. The minimum Gasteiger partial charge on any atom is -1.00 e. The van der Waals surface area contributed by atoms with Gasteiger partial charge in [0.25, 0.3) is 0 Å². The van der Waals surface area contributed by atoms with Crippen LogP contribution >= 0.6 is 23.5 Å². The zero-order valence-electron chi connectivity index (χ0n) is 8.33. The van der Waals surface area contributed by atoms with E-state index in [9.17, 15) is 13.7 Å². The molecule has 14 heavy (non-hydrogen) atoms. The van der Waals surface area contributed by atoms with Gasteiger partial charge in [-0.1, -0.05) is 0 Å². The van der Waals surface area contributed by atoms with Crippen LogP contribution in [0, 0.1) is 0 Å². The van der Waals surface area contributed by atoms with Crippen molar-refractivity contribution in [2.45, 2.75) is 0 Å². The predicted octanol–water partition coefficient (Wildman–Crippen LogP) is -0.850. The van der Waals surface area contributed by atoms with Crippen LogP contribution in [-0.4, -0.2) is 73.3 Å². The first-order chi connectivity index (χ1) is 5.41. The van der Waals surface area contributed by atoms with E-state index in [-0.39, 0.29) is 51.7 Å². The second-order valence-corrected chi connectivity index (χ2v) is 5.82. The molecule has 0 atom stereocenters. The Hall–Kier alpha value is 1.98. The summed E-state index contributed by atoms with van der Waals surface area (Å²) in [5.74, 6) is 0. The molecule has 14 heteroatoms. The summed E-state index contributed by atoms with van der Waals surface area (Å²) in [6.45, 7) is 0. The third-order valence-corrected chi connectivity index (χ3v) is 3.77. The van der Waals surface area contributed by atoms with Crippen LogP contribution in [0.25, 0.3) is 0 Å². The van der Waals surface area contributed by atoms with Crippen molar-refractivity contribution in [3.63, 3.8) is 0 Å². The van der Waals surface area contributed by atoms with Crippen LogP contribution in [0.4, 0.5) is 0 Å². The Morgan fingerprint density at radius 3 is 1.14 bits per heavy atom. The summed E-state index contributed by atoms with van der Waals surface area (Å²) >= 11 is 0. The van der Waals surface area contributed by atoms with Gasteiger partial charge in [0.2, 0.25) is 0 Å². The molecule has 0 aromatic carbocycles. The molecule has 0 fully saturated rings. The Morgan fingerprint density at radius 2 is 1.00 bits per heavy atom. The molecule has 0 aromatic heterocycles. The molecule has 84 valence electrons. The maximum absolute atomic E-state index is 10.4. The molecule has 0 spiro atoms. The molecule has 0 heterocycles. The Bertz CT molecular complexity index is 286. The monoisotopic (exact) mass is 398 g/mol. The van der Waals surface area contributed by atoms with Crippen LogP contribution in [0.5, 0.6) is 0 Å². The summed E-state index contributed by atoms with van der Waals surface area (Å²) < 4.78 is 36.4. The Labute approximate surface area is 121 Å². The molecule has 0 aliphatic carbocycles. The van der Waals surface area contributed by atoms with Gasteiger partial charge < -0.3 is 27.3 Å². The van der Waals surface area contributed by atoms with Crippen molar-refractivity contribution >= 4 is 72.3 Å². The number of hydrogen-bond acceptors (Lipinski definition) is 5. The fourth-order valence-electron chi connectivity index (χ4n) is 0.284. The van der Waals surface area contributed by atoms with Gasteiger partial charge in [0.05, 0.1) is 0 Å². The van der Waals surface area contributed by atoms with Crippen LogP contribution in [0.1, 0.15) is 2.85 Å². The molecule has 10 nitrogen and oxygen atoms in total. The van der Waals surface area contributed by atoms with E-state index in [2.05, 4.69) is 8.62 Å². The molecular formula is H7BaO10P3. The van der Waals surface area contributed by atoms with E-state index in [1.54, 1.807) is 0 Å². The van der Waals surface area contributed by atoms with E-state index in [4.69, 9.17) is 24.5 Å².